The summed E-state index contributed by atoms with van der Waals surface area (Å²) in [5.74, 6) is 8.26. The summed E-state index contributed by atoms with van der Waals surface area (Å²) in [5.41, 5.74) is 3.63. The van der Waals surface area contributed by atoms with E-state index in [-0.39, 0.29) is 112 Å². The molecule has 4 N–H and O–H groups in total. The third kappa shape index (κ3) is 25.1. The molecule has 8 saturated heterocycles. The van der Waals surface area contributed by atoms with Crippen LogP contribution in [0.4, 0.5) is 38.1 Å². The number of likely N-dealkylation sites (tertiary alicyclic amines) is 2. The molecule has 140 heavy (non-hydrogen) atoms. The van der Waals surface area contributed by atoms with Crippen LogP contribution in [0.25, 0.3) is 66.8 Å². The summed E-state index contributed by atoms with van der Waals surface area (Å²) in [6.45, 7) is 18.6. The Morgan fingerprint density at radius 2 is 1.02 bits per heavy atom. The first-order chi connectivity index (χ1) is 67.8. The number of benzene rings is 6. The molecule has 738 valence electrons. The molecule has 0 bridgehead atoms. The Labute approximate surface area is 815 Å². The van der Waals surface area contributed by atoms with Crippen LogP contribution in [0.2, 0.25) is 0 Å². The number of aromatic nitrogens is 8. The van der Waals surface area contributed by atoms with Crippen molar-refractivity contribution < 1.29 is 90.8 Å². The number of nitrogens with one attached hydrogen (secondary N) is 2. The van der Waals surface area contributed by atoms with Crippen molar-refractivity contribution in [3.8, 4) is 79.9 Å². The summed E-state index contributed by atoms with van der Waals surface area (Å²) in [4.78, 5) is 117. The number of nitrogens with zero attached hydrogens (tertiary/aromatic N) is 14. The monoisotopic (exact) mass is 1940 g/mol. The van der Waals surface area contributed by atoms with Gasteiger partial charge in [0.25, 0.3) is 0 Å². The molecule has 4 unspecified atom stereocenters. The van der Waals surface area contributed by atoms with Gasteiger partial charge in [0.05, 0.1) is 116 Å². The average Bonchev–Trinajstić information content (AvgIpc) is 1.60. The van der Waals surface area contributed by atoms with Crippen LogP contribution < -0.4 is 29.9 Å². The first-order valence-electron chi connectivity index (χ1n) is 47.9. The molecule has 0 saturated carbocycles. The minimum absolute atomic E-state index is 0.0291. The van der Waals surface area contributed by atoms with Crippen LogP contribution in [0.3, 0.4) is 0 Å². The fraction of sp³-hybridized carbons (Fsp3) is 0.452. The number of piperidine rings is 4. The molecule has 10 aromatic rings. The number of fused-ring (bicyclic) bond motifs is 2. The Hall–Kier alpha value is -12.6. The number of imide groups is 4. The van der Waals surface area contributed by atoms with Gasteiger partial charge in [0, 0.05) is 154 Å². The highest BCUT2D eigenvalue weighted by atomic mass is 35.5. The minimum Gasteiger partial charge on any atom is -0.481 e. The number of para-hydroxylation sites is 2. The Bertz CT molecular complexity index is 6270. The van der Waals surface area contributed by atoms with Gasteiger partial charge < -0.3 is 53.9 Å². The van der Waals surface area contributed by atoms with E-state index in [2.05, 4.69) is 54.3 Å². The van der Waals surface area contributed by atoms with Gasteiger partial charge in [-0.15, -0.1) is 11.6 Å². The predicted octanol–water partition coefficient (Wildman–Crippen LogP) is 14.1. The summed E-state index contributed by atoms with van der Waals surface area (Å²) in [6, 6.07) is 30.9. The smallest absolute Gasteiger partial charge is 0.424 e. The maximum Gasteiger partial charge on any atom is 0.424 e. The van der Waals surface area contributed by atoms with Gasteiger partial charge in [-0.2, -0.15) is 15.1 Å². The highest BCUT2D eigenvalue weighted by Crippen LogP contribution is 2.46. The summed E-state index contributed by atoms with van der Waals surface area (Å²) in [5, 5.41) is 36.2. The Morgan fingerprint density at radius 3 is 1.49 bits per heavy atom. The lowest BCUT2D eigenvalue weighted by atomic mass is 9.78. The second-order valence-electron chi connectivity index (χ2n) is 37.8. The molecule has 8 aliphatic heterocycles. The van der Waals surface area contributed by atoms with Crippen molar-refractivity contribution in [3.63, 3.8) is 0 Å². The second kappa shape index (κ2) is 45.4. The number of halogens is 6. The van der Waals surface area contributed by atoms with Gasteiger partial charge in [-0.25, -0.2) is 32.3 Å². The molecule has 2 spiro atoms. The zero-order chi connectivity index (χ0) is 99.8. The van der Waals surface area contributed by atoms with Crippen LogP contribution in [0, 0.1) is 57.8 Å². The van der Waals surface area contributed by atoms with E-state index in [1.165, 1.54) is 29.2 Å². The number of carbonyl (C=O) groups is 7. The van der Waals surface area contributed by atoms with E-state index >= 15 is 17.6 Å². The summed E-state index contributed by atoms with van der Waals surface area (Å²) >= 11 is 5.65. The van der Waals surface area contributed by atoms with Crippen LogP contribution in [-0.2, 0) is 56.1 Å². The fourth-order valence-electron chi connectivity index (χ4n) is 18.7. The number of hydrogen-bond donors (Lipinski definition) is 4. The van der Waals surface area contributed by atoms with Crippen LogP contribution >= 0.6 is 11.6 Å². The molecular weight excluding hydrogens is 1830 g/mol. The Balaban J connectivity index is 0.000000169. The molecule has 0 aliphatic carbocycles. The summed E-state index contributed by atoms with van der Waals surface area (Å²) < 4.78 is 108. The molecule has 12 heterocycles. The van der Waals surface area contributed by atoms with E-state index < -0.39 is 76.0 Å². The topological polar surface area (TPSA) is 337 Å². The lowest BCUT2D eigenvalue weighted by Crippen LogP contribution is -2.55. The molecule has 7 amide bonds. The normalized spacial score (nSPS) is 20.0. The lowest BCUT2D eigenvalue weighted by Gasteiger charge is -2.36. The first kappa shape index (κ1) is 100. The van der Waals surface area contributed by atoms with E-state index in [0.717, 1.165) is 76.0 Å². The highest BCUT2D eigenvalue weighted by molar-refractivity contribution is 6.18. The SMILES string of the molecule is CC(O)(C#CCOc1ccc(N2CC3(CCC(=O)N(C(=O)OC(C)(C)C)C3=O)CC2=O)cc1)CCCCl.CC(O)(C#CCOc1ccc(N2CC3(CCC(=O)NC3=O)CC2=O)cc1)CCCN1CCC(n2cc(-c3cnc4cccc(-c5cc(F)c(CN6CCOCC6)c(F)c5)c4n3)cn2)CC1.Fc1cc(-c2cccc3ncc(-c4cnn(C5CCNCC5)c4)nc23)cc(F)c1CN1CCOCC1.[2H]CF. The Morgan fingerprint density at radius 1 is 0.571 bits per heavy atom. The van der Waals surface area contributed by atoms with Crippen molar-refractivity contribution in [1.82, 2.24) is 69.7 Å². The van der Waals surface area contributed by atoms with Crippen molar-refractivity contribution in [2.24, 2.45) is 10.8 Å². The second-order valence-corrected chi connectivity index (χ2v) is 38.2. The third-order valence-electron chi connectivity index (χ3n) is 26.4. The van der Waals surface area contributed by atoms with Gasteiger partial charge in [0.2, 0.25) is 35.4 Å². The maximum atomic E-state index is 15.4. The maximum absolute atomic E-state index is 15.4. The van der Waals surface area contributed by atoms with Crippen LogP contribution in [0.5, 0.6) is 11.5 Å². The van der Waals surface area contributed by atoms with E-state index in [4.69, 9.17) is 51.7 Å². The lowest BCUT2D eigenvalue weighted by molar-refractivity contribution is -0.155. The number of amides is 7. The van der Waals surface area contributed by atoms with Gasteiger partial charge >= 0.3 is 6.09 Å². The van der Waals surface area contributed by atoms with Gasteiger partial charge in [-0.3, -0.25) is 67.6 Å². The average molecular weight is 1950 g/mol. The number of morpholine rings is 2. The number of ether oxygens (including phenoxy) is 5. The van der Waals surface area contributed by atoms with Gasteiger partial charge in [-0.05, 0) is 215 Å². The van der Waals surface area contributed by atoms with Crippen LogP contribution in [-0.4, -0.2) is 252 Å². The molecule has 36 heteroatoms. The van der Waals surface area contributed by atoms with Crippen molar-refractivity contribution in [3.05, 3.63) is 181 Å². The van der Waals surface area contributed by atoms with E-state index in [1.54, 1.807) is 113 Å². The molecule has 6 aromatic carbocycles. The molecule has 4 aromatic heterocycles. The molecular formula is C104H116ClF5N16O14. The molecule has 18 rings (SSSR count). The largest absolute Gasteiger partial charge is 0.481 e. The van der Waals surface area contributed by atoms with Gasteiger partial charge in [0.1, 0.15) is 64.8 Å². The highest BCUT2D eigenvalue weighted by Gasteiger charge is 2.57. The van der Waals surface area contributed by atoms with Crippen molar-refractivity contribution in [2.45, 2.75) is 166 Å². The van der Waals surface area contributed by atoms with Crippen molar-refractivity contribution >= 4 is 86.6 Å². The molecule has 0 radical (unpaired) electrons. The summed E-state index contributed by atoms with van der Waals surface area (Å²) in [6.07, 6.45) is 17.0. The first-order valence-corrected chi connectivity index (χ1v) is 47.8. The van der Waals surface area contributed by atoms with Crippen LogP contribution in [0.15, 0.2) is 146 Å². The van der Waals surface area contributed by atoms with Crippen molar-refractivity contribution in [1.29, 1.82) is 0 Å². The quantitative estimate of drug-likeness (QED) is 0.0200. The molecule has 4 atom stereocenters. The molecule has 8 fully saturated rings. The van der Waals surface area contributed by atoms with Gasteiger partial charge in [0.15, 0.2) is 0 Å². The Kier molecular flexibility index (Phi) is 32.5. The van der Waals surface area contributed by atoms with Crippen molar-refractivity contribution in [2.75, 3.05) is 134 Å². The number of carbonyl (C=O) groups excluding carboxylic acids is 7. The fourth-order valence-corrected chi connectivity index (χ4v) is 18.8. The summed E-state index contributed by atoms with van der Waals surface area (Å²) in [7, 11) is -1.00. The molecule has 30 nitrogen and oxygen atoms in total. The van der Waals surface area contributed by atoms with E-state index in [9.17, 15) is 48.2 Å². The van der Waals surface area contributed by atoms with E-state index in [1.807, 2.05) is 68.0 Å². The number of hydrogen-bond acceptors (Lipinski definition) is 24. The minimum atomic E-state index is -1.17. The zero-order valence-electron chi connectivity index (χ0n) is 80.1. The van der Waals surface area contributed by atoms with E-state index in [0.29, 0.717) is 174 Å². The number of alkyl halides is 2. The number of anilines is 2. The molecule has 8 aliphatic rings. The van der Waals surface area contributed by atoms with Gasteiger partial charge in [-0.1, -0.05) is 47.9 Å². The third-order valence-corrected chi connectivity index (χ3v) is 26.6. The predicted molar refractivity (Wildman–Crippen MR) is 516 cm³/mol. The standard InChI is InChI=1S/C49H52F2N8O6.C27H33ClN2O7.C27H28F2N6O.CH3F/c1-48(63,15-4-22-65-37-9-7-35(8-10-37)58-32-49(27-45(58)61)16-11-44(60)55-47(49)62)14-3-17-56-18-12-36(13-19-56)59-30-34(28-53-59)43-29-52-42-6-2-5-38(46(42)54-43)33-25-40(50)39(41(51)26-33)31-57-20-23-64-24-21-57;1-25(2,3)37-24(34)30-21(31)11-14-27(23(30)33)17-22(32)29(18-27)19-7-9-20(10-8-19)36-16-6-13-26(4,35)12-5-15-28;28-23-12-18(13-24(29)22(23)17-34-8-10-36-11-9-34)21-2-1-3-25-27(21)33-26(15-31-25)19-14-32-35(16-19)20-4-6-30-7-5-20;1-2/h2,5-10,25-26,28-30,36,63H,3,11-14,16-24,27,31-32H2,1H3,(H,55,60,62);7-10,35H,5,11-12,14-18H2,1-4H3;1-3,12-16,20,30H,4-11,17H2;1H3/i;;;1D. The number of rotatable bonds is 23. The number of aliphatic hydroxyl groups is 2. The zero-order valence-corrected chi connectivity index (χ0v) is 79.8. The van der Waals surface area contributed by atoms with Crippen LogP contribution in [0.1, 0.15) is 149 Å².